The molecule has 2 rings (SSSR count). The number of ether oxygens (including phenoxy) is 1. The van der Waals surface area contributed by atoms with Gasteiger partial charge in [-0.1, -0.05) is 30.3 Å². The molecule has 2 unspecified atom stereocenters. The van der Waals surface area contributed by atoms with Crippen LogP contribution in [0.25, 0.3) is 0 Å². The second-order valence-electron chi connectivity index (χ2n) is 3.66. The molecule has 1 heterocycles. The van der Waals surface area contributed by atoms with Crippen molar-refractivity contribution < 1.29 is 4.74 Å². The SMILES string of the molecule is CNC(c1ccccc1)C1CSCCO1. The zero-order valence-corrected chi connectivity index (χ0v) is 9.80. The van der Waals surface area contributed by atoms with E-state index in [9.17, 15) is 0 Å². The van der Waals surface area contributed by atoms with Crippen LogP contribution in [0.15, 0.2) is 30.3 Å². The molecule has 0 aliphatic carbocycles. The molecule has 1 N–H and O–H groups in total. The second-order valence-corrected chi connectivity index (χ2v) is 4.81. The Hall–Kier alpha value is -0.510. The zero-order chi connectivity index (χ0) is 10.5. The van der Waals surface area contributed by atoms with Crippen LogP contribution in [-0.2, 0) is 4.74 Å². The van der Waals surface area contributed by atoms with Gasteiger partial charge in [-0.25, -0.2) is 0 Å². The van der Waals surface area contributed by atoms with E-state index in [1.54, 1.807) is 0 Å². The Kier molecular flexibility index (Phi) is 4.06. The molecule has 0 bridgehead atoms. The van der Waals surface area contributed by atoms with Crippen molar-refractivity contribution in [3.05, 3.63) is 35.9 Å². The Labute approximate surface area is 95.4 Å². The topological polar surface area (TPSA) is 21.3 Å². The summed E-state index contributed by atoms with van der Waals surface area (Å²) in [6, 6.07) is 10.8. The van der Waals surface area contributed by atoms with E-state index >= 15 is 0 Å². The molecule has 1 aromatic carbocycles. The largest absolute Gasteiger partial charge is 0.375 e. The number of nitrogens with one attached hydrogen (secondary N) is 1. The number of benzene rings is 1. The fourth-order valence-electron chi connectivity index (χ4n) is 1.93. The third-order valence-corrected chi connectivity index (χ3v) is 3.70. The third kappa shape index (κ3) is 2.74. The van der Waals surface area contributed by atoms with Gasteiger partial charge >= 0.3 is 0 Å². The summed E-state index contributed by atoms with van der Waals surface area (Å²) in [7, 11) is 2.00. The van der Waals surface area contributed by atoms with Crippen LogP contribution < -0.4 is 5.32 Å². The summed E-state index contributed by atoms with van der Waals surface area (Å²) in [5.41, 5.74) is 1.31. The summed E-state index contributed by atoms with van der Waals surface area (Å²) < 4.78 is 5.80. The van der Waals surface area contributed by atoms with Crippen molar-refractivity contribution in [1.29, 1.82) is 0 Å². The number of hydrogen-bond donors (Lipinski definition) is 1. The molecule has 15 heavy (non-hydrogen) atoms. The van der Waals surface area contributed by atoms with Crippen molar-refractivity contribution in [3.8, 4) is 0 Å². The predicted octanol–water partition coefficient (Wildman–Crippen LogP) is 2.08. The first-order valence-corrected chi connectivity index (χ1v) is 6.49. The zero-order valence-electron chi connectivity index (χ0n) is 8.98. The van der Waals surface area contributed by atoms with E-state index in [1.165, 1.54) is 5.56 Å². The van der Waals surface area contributed by atoms with Gasteiger partial charge in [-0.15, -0.1) is 0 Å². The van der Waals surface area contributed by atoms with Crippen molar-refractivity contribution in [2.75, 3.05) is 25.2 Å². The van der Waals surface area contributed by atoms with Crippen LogP contribution in [0, 0.1) is 0 Å². The highest BCUT2D eigenvalue weighted by atomic mass is 32.2. The van der Waals surface area contributed by atoms with Gasteiger partial charge in [0.2, 0.25) is 0 Å². The minimum atomic E-state index is 0.302. The summed E-state index contributed by atoms with van der Waals surface area (Å²) in [4.78, 5) is 0. The van der Waals surface area contributed by atoms with Crippen LogP contribution in [0.5, 0.6) is 0 Å². The Morgan fingerprint density at radius 1 is 1.40 bits per heavy atom. The lowest BCUT2D eigenvalue weighted by Crippen LogP contribution is -2.36. The Morgan fingerprint density at radius 3 is 2.80 bits per heavy atom. The fourth-order valence-corrected chi connectivity index (χ4v) is 2.83. The monoisotopic (exact) mass is 223 g/mol. The molecule has 0 saturated carbocycles. The third-order valence-electron chi connectivity index (χ3n) is 2.68. The Balaban J connectivity index is 2.09. The average molecular weight is 223 g/mol. The molecular weight excluding hydrogens is 206 g/mol. The van der Waals surface area contributed by atoms with Gasteiger partial charge < -0.3 is 10.1 Å². The molecule has 2 atom stereocenters. The maximum atomic E-state index is 5.80. The molecule has 0 spiro atoms. The number of rotatable bonds is 3. The van der Waals surface area contributed by atoms with Crippen LogP contribution in [0.1, 0.15) is 11.6 Å². The number of hydrogen-bond acceptors (Lipinski definition) is 3. The fraction of sp³-hybridized carbons (Fsp3) is 0.500. The predicted molar refractivity (Wildman–Crippen MR) is 65.3 cm³/mol. The lowest BCUT2D eigenvalue weighted by atomic mass is 10.0. The first kappa shape index (κ1) is 11.0. The summed E-state index contributed by atoms with van der Waals surface area (Å²) in [6.45, 7) is 0.875. The number of thioether (sulfide) groups is 1. The first-order chi connectivity index (χ1) is 7.42. The standard InChI is InChI=1S/C12H17NOS/c1-13-12(10-5-3-2-4-6-10)11-9-15-8-7-14-11/h2-6,11-13H,7-9H2,1H3. The molecule has 0 amide bonds. The van der Waals surface area contributed by atoms with Crippen molar-refractivity contribution >= 4 is 11.8 Å². The maximum absolute atomic E-state index is 5.80. The summed E-state index contributed by atoms with van der Waals surface area (Å²) in [5, 5.41) is 3.35. The van der Waals surface area contributed by atoms with Crippen LogP contribution in [0.4, 0.5) is 0 Å². The molecule has 0 radical (unpaired) electrons. The molecule has 3 heteroatoms. The molecule has 2 nitrogen and oxygen atoms in total. The summed E-state index contributed by atoms with van der Waals surface area (Å²) in [6.07, 6.45) is 0.302. The molecule has 0 aromatic heterocycles. The van der Waals surface area contributed by atoms with Crippen molar-refractivity contribution in [1.82, 2.24) is 5.32 Å². The van der Waals surface area contributed by atoms with E-state index in [1.807, 2.05) is 24.9 Å². The van der Waals surface area contributed by atoms with Gasteiger partial charge in [0.05, 0.1) is 18.8 Å². The van der Waals surface area contributed by atoms with Crippen LogP contribution in [0.3, 0.4) is 0 Å². The molecule has 1 aliphatic rings. The molecule has 1 aromatic rings. The van der Waals surface area contributed by atoms with Gasteiger partial charge in [0.15, 0.2) is 0 Å². The van der Waals surface area contributed by atoms with Gasteiger partial charge in [-0.05, 0) is 12.6 Å². The van der Waals surface area contributed by atoms with E-state index in [0.717, 1.165) is 18.1 Å². The molecule has 1 fully saturated rings. The maximum Gasteiger partial charge on any atom is 0.0860 e. The molecular formula is C12H17NOS. The van der Waals surface area contributed by atoms with Gasteiger partial charge in [0, 0.05) is 11.5 Å². The van der Waals surface area contributed by atoms with Gasteiger partial charge in [-0.2, -0.15) is 11.8 Å². The highest BCUT2D eigenvalue weighted by Gasteiger charge is 2.24. The minimum absolute atomic E-state index is 0.302. The quantitative estimate of drug-likeness (QED) is 0.847. The van der Waals surface area contributed by atoms with Crippen LogP contribution in [-0.4, -0.2) is 31.3 Å². The highest BCUT2D eigenvalue weighted by molar-refractivity contribution is 7.99. The van der Waals surface area contributed by atoms with Crippen LogP contribution >= 0.6 is 11.8 Å². The van der Waals surface area contributed by atoms with E-state index in [-0.39, 0.29) is 0 Å². The summed E-state index contributed by atoms with van der Waals surface area (Å²) >= 11 is 1.98. The molecule has 82 valence electrons. The minimum Gasteiger partial charge on any atom is -0.375 e. The van der Waals surface area contributed by atoms with E-state index in [2.05, 4.69) is 29.6 Å². The van der Waals surface area contributed by atoms with Crippen LogP contribution in [0.2, 0.25) is 0 Å². The first-order valence-electron chi connectivity index (χ1n) is 5.33. The van der Waals surface area contributed by atoms with Gasteiger partial charge in [-0.3, -0.25) is 0 Å². The lowest BCUT2D eigenvalue weighted by molar-refractivity contribution is 0.0488. The van der Waals surface area contributed by atoms with E-state index in [0.29, 0.717) is 12.1 Å². The lowest BCUT2D eigenvalue weighted by Gasteiger charge is -2.30. The van der Waals surface area contributed by atoms with E-state index in [4.69, 9.17) is 4.74 Å². The molecule has 1 aliphatic heterocycles. The van der Waals surface area contributed by atoms with Gasteiger partial charge in [0.1, 0.15) is 0 Å². The van der Waals surface area contributed by atoms with Crippen molar-refractivity contribution in [2.45, 2.75) is 12.1 Å². The number of likely N-dealkylation sites (N-methyl/N-ethyl adjacent to an activating group) is 1. The molecule has 1 saturated heterocycles. The Bertz CT molecular complexity index is 285. The van der Waals surface area contributed by atoms with Crippen molar-refractivity contribution in [2.24, 2.45) is 0 Å². The normalized spacial score (nSPS) is 23.7. The van der Waals surface area contributed by atoms with Crippen molar-refractivity contribution in [3.63, 3.8) is 0 Å². The highest BCUT2D eigenvalue weighted by Crippen LogP contribution is 2.24. The van der Waals surface area contributed by atoms with Gasteiger partial charge in [0.25, 0.3) is 0 Å². The Morgan fingerprint density at radius 2 is 2.20 bits per heavy atom. The average Bonchev–Trinajstić information content (AvgIpc) is 2.33. The summed E-state index contributed by atoms with van der Waals surface area (Å²) in [5.74, 6) is 2.21. The second kappa shape index (κ2) is 5.54. The van der Waals surface area contributed by atoms with E-state index < -0.39 is 0 Å². The smallest absolute Gasteiger partial charge is 0.0860 e.